The molecule has 3 aliphatic carbocycles. The van der Waals surface area contributed by atoms with E-state index in [0.29, 0.717) is 0 Å². The van der Waals surface area contributed by atoms with Crippen molar-refractivity contribution >= 4 is 34.1 Å². The van der Waals surface area contributed by atoms with Crippen LogP contribution in [0.3, 0.4) is 0 Å². The van der Waals surface area contributed by atoms with Gasteiger partial charge in [-0.3, -0.25) is 0 Å². The largest absolute Gasteiger partial charge is 0.310 e. The molecule has 0 bridgehead atoms. The molecular weight excluding hydrogens is 725 g/mol. The van der Waals surface area contributed by atoms with E-state index in [9.17, 15) is 0 Å². The number of hydrogen-bond acceptors (Lipinski definition) is 2. The third-order valence-electron chi connectivity index (χ3n) is 14.9. The number of nitrogens with zero attached hydrogens (tertiary/aromatic N) is 2. The highest BCUT2D eigenvalue weighted by Gasteiger charge is 2.62. The summed E-state index contributed by atoms with van der Waals surface area (Å²) in [5, 5.41) is 0. The molecule has 0 aromatic heterocycles. The van der Waals surface area contributed by atoms with Gasteiger partial charge in [0.05, 0.1) is 11.4 Å². The average molecular weight is 791 g/mol. The van der Waals surface area contributed by atoms with Crippen LogP contribution in [0.1, 0.15) is 136 Å². The van der Waals surface area contributed by atoms with Gasteiger partial charge < -0.3 is 9.80 Å². The molecule has 308 valence electrons. The molecule has 2 fully saturated rings. The molecule has 2 nitrogen and oxygen atoms in total. The quantitative estimate of drug-likeness (QED) is 0.166. The first-order valence-electron chi connectivity index (χ1n) is 22.7. The Morgan fingerprint density at radius 1 is 0.383 bits per heavy atom. The van der Waals surface area contributed by atoms with Crippen LogP contribution in [-0.4, -0.2) is 0 Å². The van der Waals surface area contributed by atoms with Gasteiger partial charge in [-0.1, -0.05) is 126 Å². The monoisotopic (exact) mass is 791 g/mol. The number of anilines is 6. The lowest BCUT2D eigenvalue weighted by molar-refractivity contribution is 0.299. The van der Waals surface area contributed by atoms with Gasteiger partial charge in [0.1, 0.15) is 0 Å². The maximum atomic E-state index is 2.64. The minimum Gasteiger partial charge on any atom is -0.310 e. The second kappa shape index (κ2) is 14.3. The first kappa shape index (κ1) is 40.3. The molecule has 6 aromatic carbocycles. The number of aryl methyl sites for hydroxylation is 6. The van der Waals surface area contributed by atoms with Gasteiger partial charge in [-0.25, -0.2) is 0 Å². The summed E-state index contributed by atoms with van der Waals surface area (Å²) in [5.74, 6) is 0. The second-order valence-electron chi connectivity index (χ2n) is 21.1. The van der Waals surface area contributed by atoms with Gasteiger partial charge in [0.2, 0.25) is 0 Å². The van der Waals surface area contributed by atoms with Crippen LogP contribution in [0, 0.1) is 41.5 Å². The Labute approximate surface area is 361 Å². The fraction of sp³-hybridized carbons (Fsp3) is 0.379. The van der Waals surface area contributed by atoms with Crippen LogP contribution in [0.4, 0.5) is 34.1 Å². The Morgan fingerprint density at radius 2 is 0.683 bits per heavy atom. The summed E-state index contributed by atoms with van der Waals surface area (Å²) >= 11 is 0. The van der Waals surface area contributed by atoms with Crippen molar-refractivity contribution in [3.63, 3.8) is 0 Å². The average Bonchev–Trinajstić information content (AvgIpc) is 3.76. The maximum absolute atomic E-state index is 2.64. The molecule has 0 aliphatic heterocycles. The summed E-state index contributed by atoms with van der Waals surface area (Å²) in [6.45, 7) is 27.6. The molecule has 2 saturated carbocycles. The molecule has 9 rings (SSSR count). The lowest BCUT2D eigenvalue weighted by atomic mass is 9.55. The Hall–Kier alpha value is -5.08. The predicted octanol–water partition coefficient (Wildman–Crippen LogP) is 16.6. The van der Waals surface area contributed by atoms with Gasteiger partial charge in [-0.2, -0.15) is 0 Å². The summed E-state index contributed by atoms with van der Waals surface area (Å²) in [6.07, 6.45) is 7.56. The number of rotatable bonds is 6. The maximum Gasteiger partial charge on any atom is 0.0520 e. The normalized spacial score (nSPS) is 19.4. The Kier molecular flexibility index (Phi) is 9.58. The van der Waals surface area contributed by atoms with Crippen LogP contribution in [0.2, 0.25) is 0 Å². The highest BCUT2D eigenvalue weighted by Crippen LogP contribution is 2.70. The Morgan fingerprint density at radius 3 is 0.983 bits per heavy atom. The van der Waals surface area contributed by atoms with Gasteiger partial charge in [-0.05, 0) is 182 Å². The Balaban J connectivity index is 1.24. The van der Waals surface area contributed by atoms with Crippen molar-refractivity contribution < 1.29 is 0 Å². The van der Waals surface area contributed by atoms with Crippen LogP contribution in [0.25, 0.3) is 11.1 Å². The molecule has 0 saturated heterocycles. The molecule has 0 radical (unpaired) electrons. The minimum atomic E-state index is 0.0843. The lowest BCUT2D eigenvalue weighted by Gasteiger charge is -2.48. The number of fused-ring (bicyclic) bond motifs is 3. The predicted molar refractivity (Wildman–Crippen MR) is 258 cm³/mol. The SMILES string of the molecule is Cc1ccc(N(c2ccc3c(c2)[C@]24CCC[C@]2(CCC4)c2cc(N(c4ccc(C)cc4)c4c(C)cc(C(C)(C)C)cc4C)ccc2-3)c2c(C)cc(C(C)(C)C)cc2C)cc1. The molecule has 6 aromatic rings. The van der Waals surface area contributed by atoms with Crippen molar-refractivity contribution in [3.05, 3.63) is 165 Å². The summed E-state index contributed by atoms with van der Waals surface area (Å²) in [4.78, 5) is 5.12. The van der Waals surface area contributed by atoms with E-state index in [-0.39, 0.29) is 21.7 Å². The van der Waals surface area contributed by atoms with Crippen LogP contribution < -0.4 is 9.80 Å². The van der Waals surface area contributed by atoms with Crippen LogP contribution in [-0.2, 0) is 21.7 Å². The third-order valence-corrected chi connectivity index (χ3v) is 14.9. The molecule has 0 atom stereocenters. The van der Waals surface area contributed by atoms with E-state index in [1.54, 1.807) is 11.1 Å². The first-order valence-corrected chi connectivity index (χ1v) is 22.7. The molecule has 0 N–H and O–H groups in total. The number of benzene rings is 6. The standard InChI is InChI=1S/C58H66N2/c1-37-15-19-45(20-16-37)59(53-39(3)31-43(32-40(53)4)55(7,8)9)47-23-25-49-50-26-24-48(36-52(50)58-29-13-27-57(58,28-14-30-58)51(49)35-47)60(46-21-17-38(2)18-22-46)54-41(5)33-44(34-42(54)6)56(10,11)12/h15-26,31-36H,13-14,27-30H2,1-12H3/t57-,58+. The Bertz CT molecular complexity index is 2390. The molecule has 0 heterocycles. The van der Waals surface area contributed by atoms with Gasteiger partial charge in [0.15, 0.2) is 0 Å². The van der Waals surface area contributed by atoms with Crippen LogP contribution in [0.15, 0.2) is 109 Å². The van der Waals surface area contributed by atoms with Crippen molar-refractivity contribution in [1.82, 2.24) is 0 Å². The fourth-order valence-electron chi connectivity index (χ4n) is 11.9. The fourth-order valence-corrected chi connectivity index (χ4v) is 11.9. The molecule has 0 spiro atoms. The molecule has 3 aliphatic rings. The molecule has 0 amide bonds. The van der Waals surface area contributed by atoms with Crippen molar-refractivity contribution in [2.75, 3.05) is 9.80 Å². The van der Waals surface area contributed by atoms with Gasteiger partial charge in [0, 0.05) is 33.6 Å². The van der Waals surface area contributed by atoms with E-state index in [0.717, 1.165) is 0 Å². The van der Waals surface area contributed by atoms with E-state index in [4.69, 9.17) is 0 Å². The van der Waals surface area contributed by atoms with E-state index in [1.165, 1.54) is 128 Å². The van der Waals surface area contributed by atoms with Gasteiger partial charge in [-0.15, -0.1) is 0 Å². The highest BCUT2D eigenvalue weighted by atomic mass is 15.2. The van der Waals surface area contributed by atoms with E-state index >= 15 is 0 Å². The van der Waals surface area contributed by atoms with Gasteiger partial charge >= 0.3 is 0 Å². The van der Waals surface area contributed by atoms with Crippen molar-refractivity contribution in [2.45, 2.75) is 143 Å². The summed E-state index contributed by atoms with van der Waals surface area (Å²) in [7, 11) is 0. The van der Waals surface area contributed by atoms with E-state index in [1.807, 2.05) is 0 Å². The summed E-state index contributed by atoms with van der Waals surface area (Å²) in [5.41, 5.74) is 24.6. The first-order chi connectivity index (χ1) is 28.4. The zero-order valence-corrected chi connectivity index (χ0v) is 38.5. The minimum absolute atomic E-state index is 0.0843. The molecular formula is C58H66N2. The smallest absolute Gasteiger partial charge is 0.0520 e. The zero-order chi connectivity index (χ0) is 42.5. The second-order valence-corrected chi connectivity index (χ2v) is 21.1. The summed E-state index contributed by atoms with van der Waals surface area (Å²) in [6, 6.07) is 43.1. The van der Waals surface area contributed by atoms with Gasteiger partial charge in [0.25, 0.3) is 0 Å². The topological polar surface area (TPSA) is 6.48 Å². The van der Waals surface area contributed by atoms with Crippen molar-refractivity contribution in [3.8, 4) is 11.1 Å². The zero-order valence-electron chi connectivity index (χ0n) is 38.5. The van der Waals surface area contributed by atoms with Crippen LogP contribution >= 0.6 is 0 Å². The van der Waals surface area contributed by atoms with Crippen molar-refractivity contribution in [1.29, 1.82) is 0 Å². The lowest BCUT2D eigenvalue weighted by Crippen LogP contribution is -2.43. The number of hydrogen-bond donors (Lipinski definition) is 0. The summed E-state index contributed by atoms with van der Waals surface area (Å²) < 4.78 is 0. The molecule has 0 unspecified atom stereocenters. The third kappa shape index (κ3) is 6.35. The molecule has 60 heavy (non-hydrogen) atoms. The van der Waals surface area contributed by atoms with E-state index < -0.39 is 0 Å². The molecule has 2 heteroatoms. The van der Waals surface area contributed by atoms with Crippen LogP contribution in [0.5, 0.6) is 0 Å². The van der Waals surface area contributed by atoms with E-state index in [2.05, 4.69) is 202 Å². The highest BCUT2D eigenvalue weighted by molar-refractivity contribution is 5.89. The van der Waals surface area contributed by atoms with Crippen molar-refractivity contribution in [2.24, 2.45) is 0 Å².